The molecule has 0 aromatic heterocycles. The zero-order valence-electron chi connectivity index (χ0n) is 5.77. The van der Waals surface area contributed by atoms with E-state index in [1.54, 1.807) is 0 Å². The molecule has 1 aliphatic carbocycles. The molecule has 1 saturated carbocycles. The smallest absolute Gasteiger partial charge is 0.0815 e. The van der Waals surface area contributed by atoms with Crippen molar-refractivity contribution in [3.05, 3.63) is 0 Å². The fraction of sp³-hybridized carbons (Fsp3) is 1.00. The van der Waals surface area contributed by atoms with Crippen LogP contribution in [0.1, 0.15) is 12.8 Å². The van der Waals surface area contributed by atoms with E-state index >= 15 is 0 Å². The zero-order valence-corrected chi connectivity index (χ0v) is 5.77. The lowest BCUT2D eigenvalue weighted by molar-refractivity contribution is -0.0198. The summed E-state index contributed by atoms with van der Waals surface area (Å²) >= 11 is 0. The molecular formula is C6H14N2O2. The Morgan fingerprint density at radius 3 is 1.50 bits per heavy atom. The van der Waals surface area contributed by atoms with Gasteiger partial charge in [0.2, 0.25) is 0 Å². The van der Waals surface area contributed by atoms with Gasteiger partial charge in [0, 0.05) is 12.1 Å². The van der Waals surface area contributed by atoms with E-state index in [0.717, 1.165) is 0 Å². The van der Waals surface area contributed by atoms with Gasteiger partial charge in [-0.2, -0.15) is 0 Å². The second-order valence-corrected chi connectivity index (χ2v) is 2.93. The Morgan fingerprint density at radius 1 is 0.900 bits per heavy atom. The van der Waals surface area contributed by atoms with Crippen molar-refractivity contribution in [2.24, 2.45) is 11.5 Å². The first-order valence-electron chi connectivity index (χ1n) is 3.48. The molecule has 0 aromatic carbocycles. The highest BCUT2D eigenvalue weighted by Gasteiger charge is 2.30. The quantitative estimate of drug-likeness (QED) is 0.323. The standard InChI is InChI=1S/C6H14N2O2/c7-3-1-5(9)6(10)2-4(3)8/h3-6,9-10H,1-2,7-8H2. The van der Waals surface area contributed by atoms with E-state index in [2.05, 4.69) is 0 Å². The first-order chi connectivity index (χ1) is 4.61. The lowest BCUT2D eigenvalue weighted by atomic mass is 9.87. The molecule has 0 aromatic rings. The number of hydrogen-bond acceptors (Lipinski definition) is 4. The predicted octanol–water partition coefficient (Wildman–Crippen LogP) is -1.84. The van der Waals surface area contributed by atoms with Gasteiger partial charge in [-0.05, 0) is 12.8 Å². The first-order valence-corrected chi connectivity index (χ1v) is 3.48. The molecule has 1 aliphatic rings. The molecule has 0 bridgehead atoms. The van der Waals surface area contributed by atoms with Crippen LogP contribution in [0.4, 0.5) is 0 Å². The summed E-state index contributed by atoms with van der Waals surface area (Å²) in [5.74, 6) is 0. The van der Waals surface area contributed by atoms with Crippen LogP contribution in [0.25, 0.3) is 0 Å². The van der Waals surface area contributed by atoms with Gasteiger partial charge >= 0.3 is 0 Å². The van der Waals surface area contributed by atoms with Crippen molar-refractivity contribution in [3.63, 3.8) is 0 Å². The molecule has 0 saturated heterocycles. The van der Waals surface area contributed by atoms with E-state index in [0.29, 0.717) is 12.8 Å². The molecule has 4 unspecified atom stereocenters. The topological polar surface area (TPSA) is 92.5 Å². The number of rotatable bonds is 0. The van der Waals surface area contributed by atoms with Crippen molar-refractivity contribution in [2.75, 3.05) is 0 Å². The lowest BCUT2D eigenvalue weighted by Gasteiger charge is -2.32. The highest BCUT2D eigenvalue weighted by Crippen LogP contribution is 2.16. The Hall–Kier alpha value is -0.160. The van der Waals surface area contributed by atoms with Gasteiger partial charge in [0.1, 0.15) is 0 Å². The van der Waals surface area contributed by atoms with Crippen molar-refractivity contribution < 1.29 is 10.2 Å². The van der Waals surface area contributed by atoms with Gasteiger partial charge in [0.05, 0.1) is 12.2 Å². The molecule has 0 heterocycles. The Bertz CT molecular complexity index is 94.3. The molecule has 0 radical (unpaired) electrons. The fourth-order valence-corrected chi connectivity index (χ4v) is 1.22. The number of aliphatic hydroxyl groups is 2. The van der Waals surface area contributed by atoms with Gasteiger partial charge in [-0.25, -0.2) is 0 Å². The van der Waals surface area contributed by atoms with Gasteiger partial charge in [-0.3, -0.25) is 0 Å². The molecule has 1 fully saturated rings. The van der Waals surface area contributed by atoms with Crippen LogP contribution in [0.2, 0.25) is 0 Å². The lowest BCUT2D eigenvalue weighted by Crippen LogP contribution is -2.52. The SMILES string of the molecule is NC1CC(O)C(O)CC1N. The third-order valence-electron chi connectivity index (χ3n) is 2.02. The minimum absolute atomic E-state index is 0.168. The molecule has 0 amide bonds. The van der Waals surface area contributed by atoms with Crippen LogP contribution in [0.3, 0.4) is 0 Å². The van der Waals surface area contributed by atoms with E-state index in [1.807, 2.05) is 0 Å². The van der Waals surface area contributed by atoms with Crippen molar-refractivity contribution in [2.45, 2.75) is 37.1 Å². The first kappa shape index (κ1) is 7.94. The molecule has 10 heavy (non-hydrogen) atoms. The van der Waals surface area contributed by atoms with Crippen molar-refractivity contribution in [1.82, 2.24) is 0 Å². The third kappa shape index (κ3) is 1.46. The minimum Gasteiger partial charge on any atom is -0.390 e. The zero-order chi connectivity index (χ0) is 7.72. The van der Waals surface area contributed by atoms with Crippen LogP contribution >= 0.6 is 0 Å². The van der Waals surface area contributed by atoms with Crippen LogP contribution in [0.15, 0.2) is 0 Å². The maximum absolute atomic E-state index is 9.08. The summed E-state index contributed by atoms with van der Waals surface area (Å²) in [5.41, 5.74) is 11.1. The third-order valence-corrected chi connectivity index (χ3v) is 2.02. The monoisotopic (exact) mass is 146 g/mol. The summed E-state index contributed by atoms with van der Waals surface area (Å²) in [5, 5.41) is 18.2. The number of aliphatic hydroxyl groups excluding tert-OH is 2. The summed E-state index contributed by atoms with van der Waals surface area (Å²) in [6.07, 6.45) is -0.561. The van der Waals surface area contributed by atoms with E-state index in [1.165, 1.54) is 0 Å². The molecule has 0 spiro atoms. The van der Waals surface area contributed by atoms with Crippen LogP contribution in [-0.4, -0.2) is 34.5 Å². The highest BCUT2D eigenvalue weighted by molar-refractivity contribution is 4.89. The summed E-state index contributed by atoms with van der Waals surface area (Å²) in [6, 6.07) is -0.336. The normalized spacial score (nSPS) is 49.2. The molecular weight excluding hydrogens is 132 g/mol. The van der Waals surface area contributed by atoms with Crippen LogP contribution in [0, 0.1) is 0 Å². The molecule has 6 N–H and O–H groups in total. The van der Waals surface area contributed by atoms with E-state index < -0.39 is 12.2 Å². The minimum atomic E-state index is -0.685. The second kappa shape index (κ2) is 2.84. The van der Waals surface area contributed by atoms with Gasteiger partial charge < -0.3 is 21.7 Å². The molecule has 1 rings (SSSR count). The predicted molar refractivity (Wildman–Crippen MR) is 37.2 cm³/mol. The summed E-state index contributed by atoms with van der Waals surface area (Å²) in [7, 11) is 0. The Balaban J connectivity index is 2.46. The molecule has 60 valence electrons. The van der Waals surface area contributed by atoms with Crippen LogP contribution in [0.5, 0.6) is 0 Å². The molecule has 4 nitrogen and oxygen atoms in total. The largest absolute Gasteiger partial charge is 0.390 e. The van der Waals surface area contributed by atoms with Crippen molar-refractivity contribution in [3.8, 4) is 0 Å². The average molecular weight is 146 g/mol. The molecule has 0 aliphatic heterocycles. The van der Waals surface area contributed by atoms with E-state index in [4.69, 9.17) is 21.7 Å². The maximum Gasteiger partial charge on any atom is 0.0815 e. The van der Waals surface area contributed by atoms with Crippen LogP contribution < -0.4 is 11.5 Å². The summed E-state index contributed by atoms with van der Waals surface area (Å²) < 4.78 is 0. The van der Waals surface area contributed by atoms with Gasteiger partial charge in [0.25, 0.3) is 0 Å². The Labute approximate surface area is 59.8 Å². The van der Waals surface area contributed by atoms with Crippen molar-refractivity contribution >= 4 is 0 Å². The van der Waals surface area contributed by atoms with E-state index in [-0.39, 0.29) is 12.1 Å². The summed E-state index contributed by atoms with van der Waals surface area (Å²) in [4.78, 5) is 0. The van der Waals surface area contributed by atoms with Gasteiger partial charge in [0.15, 0.2) is 0 Å². The average Bonchev–Trinajstić information content (AvgIpc) is 1.84. The number of nitrogens with two attached hydrogens (primary N) is 2. The van der Waals surface area contributed by atoms with E-state index in [9.17, 15) is 0 Å². The Kier molecular flexibility index (Phi) is 2.25. The molecule has 4 atom stereocenters. The number of hydrogen-bond donors (Lipinski definition) is 4. The molecule has 4 heteroatoms. The Morgan fingerprint density at radius 2 is 1.20 bits per heavy atom. The van der Waals surface area contributed by atoms with Gasteiger partial charge in [-0.1, -0.05) is 0 Å². The highest BCUT2D eigenvalue weighted by atomic mass is 16.3. The summed E-state index contributed by atoms with van der Waals surface area (Å²) in [6.45, 7) is 0. The van der Waals surface area contributed by atoms with Gasteiger partial charge in [-0.15, -0.1) is 0 Å². The fourth-order valence-electron chi connectivity index (χ4n) is 1.22. The maximum atomic E-state index is 9.08. The van der Waals surface area contributed by atoms with Crippen LogP contribution in [-0.2, 0) is 0 Å². The van der Waals surface area contributed by atoms with Crippen molar-refractivity contribution in [1.29, 1.82) is 0 Å². The second-order valence-electron chi connectivity index (χ2n) is 2.93.